The van der Waals surface area contributed by atoms with Gasteiger partial charge in [0.2, 0.25) is 5.91 Å². The number of aromatic nitrogens is 3. The number of carbonyl (C=O) groups excluding carboxylic acids is 3. The van der Waals surface area contributed by atoms with E-state index >= 15 is 0 Å². The molecule has 0 saturated carbocycles. The topological polar surface area (TPSA) is 103 Å². The first-order chi connectivity index (χ1) is 13.0. The zero-order chi connectivity index (χ0) is 19.0. The number of ether oxygens (including phenoxy) is 1. The summed E-state index contributed by atoms with van der Waals surface area (Å²) >= 11 is 0. The maximum atomic E-state index is 12.4. The third-order valence-corrected chi connectivity index (χ3v) is 4.43. The molecule has 0 fully saturated rings. The normalized spacial score (nSPS) is 13.1. The number of hydrogen-bond donors (Lipinski definition) is 1. The van der Waals surface area contributed by atoms with E-state index in [4.69, 9.17) is 4.74 Å². The first-order valence-corrected chi connectivity index (χ1v) is 8.46. The third kappa shape index (κ3) is 3.17. The van der Waals surface area contributed by atoms with Gasteiger partial charge in [-0.3, -0.25) is 9.59 Å². The van der Waals surface area contributed by atoms with Crippen LogP contribution in [-0.4, -0.2) is 38.9 Å². The van der Waals surface area contributed by atoms with Crippen LogP contribution >= 0.6 is 0 Å². The molecule has 0 spiro atoms. The van der Waals surface area contributed by atoms with E-state index in [1.165, 1.54) is 4.52 Å². The quantitative estimate of drug-likeness (QED) is 0.561. The summed E-state index contributed by atoms with van der Waals surface area (Å²) in [6.07, 6.45) is 4.21. The number of ketones is 1. The maximum absolute atomic E-state index is 12.4. The molecule has 0 radical (unpaired) electrons. The van der Waals surface area contributed by atoms with Gasteiger partial charge in [-0.15, -0.1) is 0 Å². The number of anilines is 1. The van der Waals surface area contributed by atoms with Gasteiger partial charge < -0.3 is 10.1 Å². The molecule has 0 bridgehead atoms. The average Bonchev–Trinajstić information content (AvgIpc) is 3.01. The number of nitrogens with one attached hydrogen (secondary N) is 1. The van der Waals surface area contributed by atoms with E-state index in [0.717, 1.165) is 5.56 Å². The molecular weight excluding hydrogens is 348 g/mol. The molecule has 3 aromatic rings. The lowest BCUT2D eigenvalue weighted by Gasteiger charge is -2.17. The Labute approximate surface area is 154 Å². The van der Waals surface area contributed by atoms with Crippen molar-refractivity contribution in [3.63, 3.8) is 0 Å². The number of Topliss-reactive ketones (excluding diaryl/α,β-unsaturated/α-hetero) is 1. The second kappa shape index (κ2) is 6.64. The lowest BCUT2D eigenvalue weighted by molar-refractivity contribution is -0.116. The highest BCUT2D eigenvalue weighted by Gasteiger charge is 2.21. The Bertz CT molecular complexity index is 1090. The Morgan fingerprint density at radius 2 is 2.15 bits per heavy atom. The molecule has 27 heavy (non-hydrogen) atoms. The van der Waals surface area contributed by atoms with Crippen molar-refractivity contribution in [1.82, 2.24) is 14.6 Å². The number of benzene rings is 1. The molecule has 0 aliphatic carbocycles. The number of amides is 1. The molecule has 1 aliphatic rings. The van der Waals surface area contributed by atoms with Crippen molar-refractivity contribution in [2.24, 2.45) is 0 Å². The van der Waals surface area contributed by atoms with E-state index in [2.05, 4.69) is 15.4 Å². The summed E-state index contributed by atoms with van der Waals surface area (Å²) in [4.78, 5) is 40.4. The summed E-state index contributed by atoms with van der Waals surface area (Å²) in [7, 11) is 0. The van der Waals surface area contributed by atoms with Gasteiger partial charge in [0, 0.05) is 30.1 Å². The molecule has 1 aliphatic heterocycles. The van der Waals surface area contributed by atoms with Gasteiger partial charge in [-0.1, -0.05) is 0 Å². The molecule has 8 heteroatoms. The molecule has 3 heterocycles. The van der Waals surface area contributed by atoms with E-state index in [9.17, 15) is 14.4 Å². The van der Waals surface area contributed by atoms with Gasteiger partial charge in [0.1, 0.15) is 5.56 Å². The van der Waals surface area contributed by atoms with Crippen LogP contribution in [-0.2, 0) is 16.0 Å². The number of carbonyl (C=O) groups is 3. The van der Waals surface area contributed by atoms with Crippen LogP contribution in [0, 0.1) is 6.92 Å². The maximum Gasteiger partial charge on any atom is 0.344 e. The molecule has 2 aromatic heterocycles. The fourth-order valence-corrected chi connectivity index (χ4v) is 3.08. The highest BCUT2D eigenvalue weighted by atomic mass is 16.5. The predicted molar refractivity (Wildman–Crippen MR) is 95.7 cm³/mol. The van der Waals surface area contributed by atoms with Crippen molar-refractivity contribution in [1.29, 1.82) is 0 Å². The Morgan fingerprint density at radius 1 is 1.30 bits per heavy atom. The summed E-state index contributed by atoms with van der Waals surface area (Å²) in [6, 6.07) is 6.74. The summed E-state index contributed by atoms with van der Waals surface area (Å²) in [5.41, 5.74) is 3.17. The lowest BCUT2D eigenvalue weighted by atomic mass is 9.99. The second-order valence-electron chi connectivity index (χ2n) is 6.27. The van der Waals surface area contributed by atoms with Crippen LogP contribution in [0.3, 0.4) is 0 Å². The van der Waals surface area contributed by atoms with Crippen LogP contribution in [0.1, 0.15) is 38.4 Å². The lowest BCUT2D eigenvalue weighted by Crippen LogP contribution is -2.20. The summed E-state index contributed by atoms with van der Waals surface area (Å²) in [5.74, 6) is -0.988. The highest BCUT2D eigenvalue weighted by Crippen LogP contribution is 2.24. The number of esters is 1. The first kappa shape index (κ1) is 16.9. The van der Waals surface area contributed by atoms with Gasteiger partial charge in [0.15, 0.2) is 18.0 Å². The van der Waals surface area contributed by atoms with Gasteiger partial charge in [0.25, 0.3) is 0 Å². The molecule has 0 saturated heterocycles. The third-order valence-electron chi connectivity index (χ3n) is 4.43. The monoisotopic (exact) mass is 364 g/mol. The summed E-state index contributed by atoms with van der Waals surface area (Å²) < 4.78 is 6.69. The Morgan fingerprint density at radius 3 is 3.00 bits per heavy atom. The molecule has 0 unspecified atom stereocenters. The fraction of sp³-hybridized carbons (Fsp3) is 0.211. The van der Waals surface area contributed by atoms with Crippen LogP contribution in [0.25, 0.3) is 5.65 Å². The second-order valence-corrected chi connectivity index (χ2v) is 6.27. The smallest absolute Gasteiger partial charge is 0.344 e. The van der Waals surface area contributed by atoms with Crippen LogP contribution < -0.4 is 5.32 Å². The van der Waals surface area contributed by atoms with Gasteiger partial charge in [-0.05, 0) is 43.2 Å². The van der Waals surface area contributed by atoms with Gasteiger partial charge in [0.05, 0.1) is 5.69 Å². The van der Waals surface area contributed by atoms with E-state index in [1.54, 1.807) is 43.6 Å². The van der Waals surface area contributed by atoms with E-state index in [-0.39, 0.29) is 23.9 Å². The zero-order valence-corrected chi connectivity index (χ0v) is 14.6. The number of fused-ring (bicyclic) bond motifs is 2. The van der Waals surface area contributed by atoms with E-state index in [0.29, 0.717) is 35.4 Å². The van der Waals surface area contributed by atoms with Crippen molar-refractivity contribution in [2.75, 3.05) is 11.9 Å². The standard InChI is InChI=1S/C19H16N4O4/c1-11-17(18-20-7-2-8-23(18)22-11)19(26)27-10-15(24)13-3-5-14-12(9-13)4-6-16(25)21-14/h2-3,5,7-9H,4,6,10H2,1H3,(H,21,25). The molecule has 1 N–H and O–H groups in total. The first-order valence-electron chi connectivity index (χ1n) is 8.46. The van der Waals surface area contributed by atoms with E-state index in [1.807, 2.05) is 0 Å². The molecule has 136 valence electrons. The highest BCUT2D eigenvalue weighted by molar-refractivity contribution is 6.02. The molecule has 1 aromatic carbocycles. The van der Waals surface area contributed by atoms with Crippen LogP contribution in [0.15, 0.2) is 36.7 Å². The van der Waals surface area contributed by atoms with Crippen LogP contribution in [0.2, 0.25) is 0 Å². The minimum Gasteiger partial charge on any atom is -0.454 e. The number of hydrogen-bond acceptors (Lipinski definition) is 6. The van der Waals surface area contributed by atoms with Crippen molar-refractivity contribution in [3.8, 4) is 0 Å². The van der Waals surface area contributed by atoms with Crippen molar-refractivity contribution in [2.45, 2.75) is 19.8 Å². The van der Waals surface area contributed by atoms with Crippen LogP contribution in [0.4, 0.5) is 5.69 Å². The Kier molecular flexibility index (Phi) is 4.15. The minimum atomic E-state index is -0.639. The Balaban J connectivity index is 1.48. The number of nitrogens with zero attached hydrogens (tertiary/aromatic N) is 3. The largest absolute Gasteiger partial charge is 0.454 e. The minimum absolute atomic E-state index is 0.0344. The molecule has 1 amide bonds. The number of aryl methyl sites for hydroxylation is 2. The van der Waals surface area contributed by atoms with Gasteiger partial charge >= 0.3 is 5.97 Å². The molecule has 8 nitrogen and oxygen atoms in total. The summed E-state index contributed by atoms with van der Waals surface area (Å²) in [6.45, 7) is 1.30. The zero-order valence-electron chi connectivity index (χ0n) is 14.6. The van der Waals surface area contributed by atoms with Gasteiger partial charge in [-0.25, -0.2) is 14.3 Å². The van der Waals surface area contributed by atoms with Crippen molar-refractivity contribution >= 4 is 29.0 Å². The fourth-order valence-electron chi connectivity index (χ4n) is 3.08. The molecule has 0 atom stereocenters. The van der Waals surface area contributed by atoms with Gasteiger partial charge in [-0.2, -0.15) is 5.10 Å². The SMILES string of the molecule is Cc1nn2cccnc2c1C(=O)OCC(=O)c1ccc2c(c1)CCC(=O)N2. The van der Waals surface area contributed by atoms with Crippen LogP contribution in [0.5, 0.6) is 0 Å². The predicted octanol–water partition coefficient (Wildman–Crippen LogP) is 1.96. The molecule has 4 rings (SSSR count). The molecular formula is C19H16N4O4. The van der Waals surface area contributed by atoms with Crippen molar-refractivity contribution in [3.05, 3.63) is 59.0 Å². The summed E-state index contributed by atoms with van der Waals surface area (Å²) in [5, 5.41) is 6.97. The van der Waals surface area contributed by atoms with Crippen molar-refractivity contribution < 1.29 is 19.1 Å². The van der Waals surface area contributed by atoms with E-state index < -0.39 is 5.97 Å². The number of rotatable bonds is 4. The Hall–Kier alpha value is -3.55. The average molecular weight is 364 g/mol.